The molecule has 1 unspecified atom stereocenters. The van der Waals surface area contributed by atoms with Crippen molar-refractivity contribution in [3.8, 4) is 12.3 Å². The molecule has 2 rings (SSSR count). The number of rotatable bonds is 6. The Kier molecular flexibility index (Phi) is 4.85. The smallest absolute Gasteiger partial charge is 0.151 e. The first-order chi connectivity index (χ1) is 9.57. The fourth-order valence-electron chi connectivity index (χ4n) is 2.78. The monoisotopic (exact) mass is 291 g/mol. The normalized spacial score (nSPS) is 17.9. The van der Waals surface area contributed by atoms with Gasteiger partial charge in [0.25, 0.3) is 0 Å². The predicted molar refractivity (Wildman–Crippen MR) is 82.2 cm³/mol. The minimum absolute atomic E-state index is 0.184. The molecule has 1 aliphatic carbocycles. The predicted octanol–water partition coefficient (Wildman–Crippen LogP) is 2.04. The van der Waals surface area contributed by atoms with Gasteiger partial charge in [-0.2, -0.15) is 0 Å². The molecule has 4 heteroatoms. The van der Waals surface area contributed by atoms with Crippen LogP contribution in [0, 0.1) is 12.3 Å². The standard InChI is InChI=1S/C16H21NO2S/c1-3-11-17(12-13-20(18,19)4-2)16-10-9-14-7-5-6-8-15(14)16/h1,5-8,16H,4,9-13H2,2H3. The topological polar surface area (TPSA) is 37.4 Å². The van der Waals surface area contributed by atoms with Crippen LogP contribution in [0.4, 0.5) is 0 Å². The lowest BCUT2D eigenvalue weighted by molar-refractivity contribution is 0.235. The SMILES string of the molecule is C#CCN(CCS(=O)(=O)CC)C1CCc2ccccc21. The van der Waals surface area contributed by atoms with Gasteiger partial charge < -0.3 is 0 Å². The zero-order chi connectivity index (χ0) is 14.6. The van der Waals surface area contributed by atoms with Crippen LogP contribution in [0.15, 0.2) is 24.3 Å². The van der Waals surface area contributed by atoms with Crippen LogP contribution < -0.4 is 0 Å². The van der Waals surface area contributed by atoms with Crippen molar-refractivity contribution in [1.82, 2.24) is 4.90 Å². The van der Waals surface area contributed by atoms with E-state index in [2.05, 4.69) is 23.0 Å². The fraction of sp³-hybridized carbons (Fsp3) is 0.500. The number of hydrogen-bond donors (Lipinski definition) is 0. The maximum atomic E-state index is 11.7. The number of nitrogens with zero attached hydrogens (tertiary/aromatic N) is 1. The molecule has 0 saturated carbocycles. The summed E-state index contributed by atoms with van der Waals surface area (Å²) in [5, 5.41) is 0. The second-order valence-electron chi connectivity index (χ2n) is 5.16. The Balaban J connectivity index is 2.13. The van der Waals surface area contributed by atoms with Gasteiger partial charge in [0.05, 0.1) is 12.3 Å². The molecule has 1 aromatic carbocycles. The molecule has 0 spiro atoms. The van der Waals surface area contributed by atoms with Crippen LogP contribution in [0.3, 0.4) is 0 Å². The molecule has 0 bridgehead atoms. The van der Waals surface area contributed by atoms with Gasteiger partial charge in [0, 0.05) is 18.3 Å². The molecule has 0 amide bonds. The summed E-state index contributed by atoms with van der Waals surface area (Å²) < 4.78 is 23.4. The molecular weight excluding hydrogens is 270 g/mol. The lowest BCUT2D eigenvalue weighted by Crippen LogP contribution is -2.33. The van der Waals surface area contributed by atoms with Gasteiger partial charge in [0.1, 0.15) is 0 Å². The number of aryl methyl sites for hydroxylation is 1. The lowest BCUT2D eigenvalue weighted by atomic mass is 10.1. The molecule has 20 heavy (non-hydrogen) atoms. The number of benzene rings is 1. The van der Waals surface area contributed by atoms with Crippen LogP contribution in [0.25, 0.3) is 0 Å². The Hall–Kier alpha value is -1.31. The van der Waals surface area contributed by atoms with E-state index < -0.39 is 9.84 Å². The van der Waals surface area contributed by atoms with E-state index in [0.29, 0.717) is 13.1 Å². The third-order valence-corrected chi connectivity index (χ3v) is 5.65. The zero-order valence-electron chi connectivity index (χ0n) is 11.9. The molecular formula is C16H21NO2S. The van der Waals surface area contributed by atoms with Crippen molar-refractivity contribution in [2.45, 2.75) is 25.8 Å². The quantitative estimate of drug-likeness (QED) is 0.753. The second kappa shape index (κ2) is 6.43. The van der Waals surface area contributed by atoms with Gasteiger partial charge in [0.15, 0.2) is 9.84 Å². The maximum absolute atomic E-state index is 11.7. The third kappa shape index (κ3) is 3.41. The van der Waals surface area contributed by atoms with Gasteiger partial charge in [0.2, 0.25) is 0 Å². The second-order valence-corrected chi connectivity index (χ2v) is 7.64. The van der Waals surface area contributed by atoms with Crippen LogP contribution in [0.1, 0.15) is 30.5 Å². The summed E-state index contributed by atoms with van der Waals surface area (Å²) in [4.78, 5) is 2.12. The Bertz CT molecular complexity index is 601. The number of sulfone groups is 1. The van der Waals surface area contributed by atoms with Crippen molar-refractivity contribution < 1.29 is 8.42 Å². The van der Waals surface area contributed by atoms with Gasteiger partial charge >= 0.3 is 0 Å². The first-order valence-electron chi connectivity index (χ1n) is 7.03. The Morgan fingerprint density at radius 2 is 2.15 bits per heavy atom. The van der Waals surface area contributed by atoms with Gasteiger partial charge in [-0.25, -0.2) is 8.42 Å². The number of hydrogen-bond acceptors (Lipinski definition) is 3. The highest BCUT2D eigenvalue weighted by molar-refractivity contribution is 7.91. The van der Waals surface area contributed by atoms with E-state index in [4.69, 9.17) is 6.42 Å². The van der Waals surface area contributed by atoms with E-state index in [1.165, 1.54) is 11.1 Å². The Morgan fingerprint density at radius 3 is 2.85 bits per heavy atom. The first kappa shape index (κ1) is 15.1. The van der Waals surface area contributed by atoms with E-state index in [9.17, 15) is 8.42 Å². The lowest BCUT2D eigenvalue weighted by Gasteiger charge is -2.27. The molecule has 0 radical (unpaired) electrons. The summed E-state index contributed by atoms with van der Waals surface area (Å²) in [6.45, 7) is 2.70. The van der Waals surface area contributed by atoms with Crippen LogP contribution in [0.5, 0.6) is 0 Å². The maximum Gasteiger partial charge on any atom is 0.151 e. The first-order valence-corrected chi connectivity index (χ1v) is 8.85. The van der Waals surface area contributed by atoms with E-state index in [1.807, 2.05) is 12.1 Å². The fourth-order valence-corrected chi connectivity index (χ4v) is 3.58. The van der Waals surface area contributed by atoms with Crippen molar-refractivity contribution in [2.75, 3.05) is 24.6 Å². The van der Waals surface area contributed by atoms with Gasteiger partial charge in [-0.05, 0) is 24.0 Å². The Labute approximate surface area is 121 Å². The summed E-state index contributed by atoms with van der Waals surface area (Å²) in [5.41, 5.74) is 2.66. The highest BCUT2D eigenvalue weighted by Gasteiger charge is 2.27. The highest BCUT2D eigenvalue weighted by Crippen LogP contribution is 2.35. The summed E-state index contributed by atoms with van der Waals surface area (Å²) in [6.07, 6.45) is 7.51. The van der Waals surface area contributed by atoms with E-state index in [1.54, 1.807) is 6.92 Å². The molecule has 0 heterocycles. The van der Waals surface area contributed by atoms with Crippen LogP contribution >= 0.6 is 0 Å². The van der Waals surface area contributed by atoms with Crippen LogP contribution in [-0.2, 0) is 16.3 Å². The largest absolute Gasteiger partial charge is 0.284 e. The average Bonchev–Trinajstić information content (AvgIpc) is 2.87. The van der Waals surface area contributed by atoms with Gasteiger partial charge in [-0.1, -0.05) is 37.1 Å². The van der Waals surface area contributed by atoms with Crippen LogP contribution in [-0.4, -0.2) is 37.9 Å². The molecule has 0 aliphatic heterocycles. The van der Waals surface area contributed by atoms with E-state index in [-0.39, 0.29) is 17.5 Å². The average molecular weight is 291 g/mol. The molecule has 0 saturated heterocycles. The Morgan fingerprint density at radius 1 is 1.40 bits per heavy atom. The summed E-state index contributed by atoms with van der Waals surface area (Å²) in [7, 11) is -2.95. The van der Waals surface area contributed by atoms with E-state index >= 15 is 0 Å². The molecule has 3 nitrogen and oxygen atoms in total. The van der Waals surface area contributed by atoms with Crippen molar-refractivity contribution in [3.05, 3.63) is 35.4 Å². The van der Waals surface area contributed by atoms with Crippen LogP contribution in [0.2, 0.25) is 0 Å². The van der Waals surface area contributed by atoms with E-state index in [0.717, 1.165) is 12.8 Å². The zero-order valence-corrected chi connectivity index (χ0v) is 12.7. The summed E-state index contributed by atoms with van der Waals surface area (Å²) in [5.74, 6) is 3.04. The van der Waals surface area contributed by atoms with Gasteiger partial charge in [-0.3, -0.25) is 4.90 Å². The molecule has 0 aromatic heterocycles. The minimum Gasteiger partial charge on any atom is -0.284 e. The molecule has 108 valence electrons. The summed E-state index contributed by atoms with van der Waals surface area (Å²) in [6, 6.07) is 8.62. The molecule has 1 atom stereocenters. The number of terminal acetylenes is 1. The van der Waals surface area contributed by atoms with Crippen molar-refractivity contribution in [2.24, 2.45) is 0 Å². The highest BCUT2D eigenvalue weighted by atomic mass is 32.2. The third-order valence-electron chi connectivity index (χ3n) is 3.97. The molecule has 1 aromatic rings. The van der Waals surface area contributed by atoms with Crippen molar-refractivity contribution >= 4 is 9.84 Å². The summed E-state index contributed by atoms with van der Waals surface area (Å²) >= 11 is 0. The minimum atomic E-state index is -2.95. The molecule has 0 N–H and O–H groups in total. The van der Waals surface area contributed by atoms with Gasteiger partial charge in [-0.15, -0.1) is 6.42 Å². The number of fused-ring (bicyclic) bond motifs is 1. The molecule has 1 aliphatic rings. The van der Waals surface area contributed by atoms with Crippen molar-refractivity contribution in [1.29, 1.82) is 0 Å². The molecule has 0 fully saturated rings. The van der Waals surface area contributed by atoms with Crippen molar-refractivity contribution in [3.63, 3.8) is 0 Å².